The van der Waals surface area contributed by atoms with Crippen LogP contribution in [0.1, 0.15) is 52.4 Å². The minimum atomic E-state index is -0.0480. The van der Waals surface area contributed by atoms with E-state index < -0.39 is 0 Å². The second-order valence-corrected chi connectivity index (χ2v) is 7.05. The highest BCUT2D eigenvalue weighted by molar-refractivity contribution is 9.10. The first kappa shape index (κ1) is 16.5. The van der Waals surface area contributed by atoms with Crippen molar-refractivity contribution in [2.45, 2.75) is 58.9 Å². The van der Waals surface area contributed by atoms with Crippen molar-refractivity contribution in [3.8, 4) is 0 Å². The molecule has 0 amide bonds. The van der Waals surface area contributed by atoms with Crippen LogP contribution in [0.5, 0.6) is 0 Å². The molecule has 2 atom stereocenters. The first-order chi connectivity index (χ1) is 10.1. The lowest BCUT2D eigenvalue weighted by molar-refractivity contribution is 0.274. The number of halogens is 1. The van der Waals surface area contributed by atoms with Crippen LogP contribution < -0.4 is 10.9 Å². The Balaban J connectivity index is 1.88. The van der Waals surface area contributed by atoms with Crippen LogP contribution in [-0.4, -0.2) is 16.3 Å². The molecule has 1 aromatic rings. The zero-order valence-corrected chi connectivity index (χ0v) is 14.7. The van der Waals surface area contributed by atoms with Crippen molar-refractivity contribution in [2.75, 3.05) is 11.9 Å². The highest BCUT2D eigenvalue weighted by atomic mass is 79.9. The minimum Gasteiger partial charge on any atom is -0.383 e. The van der Waals surface area contributed by atoms with Crippen LogP contribution in [0.25, 0.3) is 0 Å². The third-order valence-electron chi connectivity index (χ3n) is 4.33. The molecule has 1 aliphatic rings. The molecule has 0 radical (unpaired) electrons. The van der Waals surface area contributed by atoms with Gasteiger partial charge in [-0.25, -0.2) is 4.68 Å². The lowest BCUT2D eigenvalue weighted by Gasteiger charge is -2.26. The molecular weight excluding hydrogens is 330 g/mol. The SMILES string of the molecule is CCCn1ncc(NCCC2CCCC(C)C2)c(Br)c1=O. The van der Waals surface area contributed by atoms with Gasteiger partial charge in [-0.3, -0.25) is 4.79 Å². The van der Waals surface area contributed by atoms with Crippen LogP contribution in [0.3, 0.4) is 0 Å². The smallest absolute Gasteiger partial charge is 0.283 e. The molecule has 0 spiro atoms. The van der Waals surface area contributed by atoms with Gasteiger partial charge in [0, 0.05) is 13.1 Å². The highest BCUT2D eigenvalue weighted by Gasteiger charge is 2.18. The molecule has 0 aliphatic heterocycles. The Hall–Kier alpha value is -0.840. The molecular formula is C16H26BrN3O. The van der Waals surface area contributed by atoms with E-state index in [-0.39, 0.29) is 5.56 Å². The number of nitrogens with zero attached hydrogens (tertiary/aromatic N) is 2. The summed E-state index contributed by atoms with van der Waals surface area (Å²) in [5.41, 5.74) is 0.768. The summed E-state index contributed by atoms with van der Waals surface area (Å²) in [6.07, 6.45) is 9.29. The molecule has 1 N–H and O–H groups in total. The van der Waals surface area contributed by atoms with Crippen LogP contribution in [0, 0.1) is 11.8 Å². The molecule has 1 fully saturated rings. The van der Waals surface area contributed by atoms with E-state index >= 15 is 0 Å². The van der Waals surface area contributed by atoms with Crippen molar-refractivity contribution in [3.63, 3.8) is 0 Å². The molecule has 4 nitrogen and oxygen atoms in total. The molecule has 2 rings (SSSR count). The topological polar surface area (TPSA) is 46.9 Å². The second-order valence-electron chi connectivity index (χ2n) is 6.25. The molecule has 21 heavy (non-hydrogen) atoms. The zero-order valence-electron chi connectivity index (χ0n) is 13.1. The number of aryl methyl sites for hydroxylation is 1. The van der Waals surface area contributed by atoms with Gasteiger partial charge in [-0.15, -0.1) is 0 Å². The number of rotatable bonds is 6. The average Bonchev–Trinajstić information content (AvgIpc) is 2.47. The van der Waals surface area contributed by atoms with Gasteiger partial charge in [0.05, 0.1) is 11.9 Å². The van der Waals surface area contributed by atoms with Crippen LogP contribution in [-0.2, 0) is 6.54 Å². The molecule has 2 unspecified atom stereocenters. The van der Waals surface area contributed by atoms with Gasteiger partial charge >= 0.3 is 0 Å². The Morgan fingerprint density at radius 2 is 2.29 bits per heavy atom. The Bertz CT molecular complexity index is 515. The molecule has 118 valence electrons. The van der Waals surface area contributed by atoms with E-state index in [1.54, 1.807) is 6.20 Å². The average molecular weight is 356 g/mol. The third kappa shape index (κ3) is 4.56. The predicted octanol–water partition coefficient (Wildman–Crippen LogP) is 4.04. The molecule has 0 aromatic carbocycles. The summed E-state index contributed by atoms with van der Waals surface area (Å²) in [6.45, 7) is 5.97. The number of hydrogen-bond donors (Lipinski definition) is 1. The van der Waals surface area contributed by atoms with Crippen LogP contribution in [0.4, 0.5) is 5.69 Å². The van der Waals surface area contributed by atoms with Gasteiger partial charge in [0.15, 0.2) is 0 Å². The van der Waals surface area contributed by atoms with Crippen molar-refractivity contribution < 1.29 is 0 Å². The molecule has 1 saturated carbocycles. The number of hydrogen-bond acceptors (Lipinski definition) is 3. The lowest BCUT2D eigenvalue weighted by atomic mass is 9.81. The third-order valence-corrected chi connectivity index (χ3v) is 5.10. The monoisotopic (exact) mass is 355 g/mol. The second kappa shape index (κ2) is 7.97. The Kier molecular flexibility index (Phi) is 6.27. The van der Waals surface area contributed by atoms with Crippen LogP contribution in [0.15, 0.2) is 15.5 Å². The maximum absolute atomic E-state index is 12.1. The van der Waals surface area contributed by atoms with E-state index in [2.05, 4.69) is 33.3 Å². The Morgan fingerprint density at radius 3 is 3.00 bits per heavy atom. The molecule has 0 bridgehead atoms. The Morgan fingerprint density at radius 1 is 1.48 bits per heavy atom. The Labute approximate surface area is 135 Å². The van der Waals surface area contributed by atoms with E-state index in [9.17, 15) is 4.79 Å². The summed E-state index contributed by atoms with van der Waals surface area (Å²) in [4.78, 5) is 12.1. The summed E-state index contributed by atoms with van der Waals surface area (Å²) in [6, 6.07) is 0. The van der Waals surface area contributed by atoms with Crippen molar-refractivity contribution in [3.05, 3.63) is 21.0 Å². The van der Waals surface area contributed by atoms with Gasteiger partial charge in [-0.2, -0.15) is 5.10 Å². The maximum atomic E-state index is 12.1. The van der Waals surface area contributed by atoms with E-state index in [4.69, 9.17) is 0 Å². The van der Waals surface area contributed by atoms with Gasteiger partial charge in [-0.1, -0.05) is 33.1 Å². The van der Waals surface area contributed by atoms with Gasteiger partial charge in [-0.05, 0) is 47.0 Å². The number of aromatic nitrogens is 2. The predicted molar refractivity (Wildman–Crippen MR) is 90.7 cm³/mol. The normalized spacial score (nSPS) is 22.2. The molecule has 1 aromatic heterocycles. The summed E-state index contributed by atoms with van der Waals surface area (Å²) >= 11 is 3.40. The van der Waals surface area contributed by atoms with Gasteiger partial charge < -0.3 is 5.32 Å². The molecule has 5 heteroatoms. The van der Waals surface area contributed by atoms with Crippen molar-refractivity contribution in [1.82, 2.24) is 9.78 Å². The largest absolute Gasteiger partial charge is 0.383 e. The summed E-state index contributed by atoms with van der Waals surface area (Å²) < 4.78 is 2.11. The van der Waals surface area contributed by atoms with Crippen molar-refractivity contribution in [2.24, 2.45) is 11.8 Å². The molecule has 1 aliphatic carbocycles. The lowest BCUT2D eigenvalue weighted by Crippen LogP contribution is -2.25. The number of anilines is 1. The minimum absolute atomic E-state index is 0.0480. The molecule has 0 saturated heterocycles. The molecule has 1 heterocycles. The van der Waals surface area contributed by atoms with Crippen LogP contribution in [0.2, 0.25) is 0 Å². The standard InChI is InChI=1S/C16H26BrN3O/c1-3-9-20-16(21)15(17)14(11-19-20)18-8-7-13-6-4-5-12(2)10-13/h11-13,18H,3-10H2,1-2H3. The van der Waals surface area contributed by atoms with Gasteiger partial charge in [0.25, 0.3) is 5.56 Å². The van der Waals surface area contributed by atoms with Crippen molar-refractivity contribution >= 4 is 21.6 Å². The fraction of sp³-hybridized carbons (Fsp3) is 0.750. The number of nitrogens with one attached hydrogen (secondary N) is 1. The van der Waals surface area contributed by atoms with E-state index in [1.807, 2.05) is 6.92 Å². The fourth-order valence-electron chi connectivity index (χ4n) is 3.19. The highest BCUT2D eigenvalue weighted by Crippen LogP contribution is 2.30. The van der Waals surface area contributed by atoms with Crippen LogP contribution >= 0.6 is 15.9 Å². The first-order valence-electron chi connectivity index (χ1n) is 8.11. The van der Waals surface area contributed by atoms with E-state index in [0.29, 0.717) is 11.0 Å². The quantitative estimate of drug-likeness (QED) is 0.837. The first-order valence-corrected chi connectivity index (χ1v) is 8.90. The summed E-state index contributed by atoms with van der Waals surface area (Å²) in [5, 5.41) is 7.58. The zero-order chi connectivity index (χ0) is 15.2. The van der Waals surface area contributed by atoms with E-state index in [0.717, 1.165) is 30.5 Å². The summed E-state index contributed by atoms with van der Waals surface area (Å²) in [5.74, 6) is 1.70. The van der Waals surface area contributed by atoms with Crippen molar-refractivity contribution in [1.29, 1.82) is 0 Å². The van der Waals surface area contributed by atoms with Gasteiger partial charge in [0.1, 0.15) is 4.47 Å². The maximum Gasteiger partial charge on any atom is 0.283 e. The summed E-state index contributed by atoms with van der Waals surface area (Å²) in [7, 11) is 0. The van der Waals surface area contributed by atoms with E-state index in [1.165, 1.54) is 36.8 Å². The fourth-order valence-corrected chi connectivity index (χ4v) is 3.64. The van der Waals surface area contributed by atoms with Gasteiger partial charge in [0.2, 0.25) is 0 Å².